The second kappa shape index (κ2) is 9.89. The molecule has 1 aromatic rings. The number of hydrogen-bond acceptors (Lipinski definition) is 3. The van der Waals surface area contributed by atoms with Crippen LogP contribution in [0.4, 0.5) is 0 Å². The molecule has 0 amide bonds. The summed E-state index contributed by atoms with van der Waals surface area (Å²) < 4.78 is 5.40. The Kier molecular flexibility index (Phi) is 8.47. The van der Waals surface area contributed by atoms with Gasteiger partial charge in [0.1, 0.15) is 0 Å². The van der Waals surface area contributed by atoms with Gasteiger partial charge >= 0.3 is 0 Å². The van der Waals surface area contributed by atoms with Crippen molar-refractivity contribution in [1.82, 2.24) is 9.88 Å². The molecule has 1 saturated heterocycles. The fraction of sp³-hybridized carbons (Fsp3) is 0.706. The van der Waals surface area contributed by atoms with Crippen molar-refractivity contribution in [2.24, 2.45) is 0 Å². The van der Waals surface area contributed by atoms with Crippen LogP contribution in [0.5, 0.6) is 0 Å². The molecule has 0 N–H and O–H groups in total. The first-order chi connectivity index (χ1) is 9.85. The van der Waals surface area contributed by atoms with Gasteiger partial charge < -0.3 is 4.74 Å². The predicted octanol–water partition coefficient (Wildman–Crippen LogP) is 3.45. The minimum Gasteiger partial charge on any atom is -0.379 e. The van der Waals surface area contributed by atoms with Crippen molar-refractivity contribution in [2.75, 3.05) is 26.3 Å². The topological polar surface area (TPSA) is 25.4 Å². The Balaban J connectivity index is 0.000000956. The number of aromatic nitrogens is 1. The molecule has 1 aliphatic heterocycles. The second-order valence-corrected chi connectivity index (χ2v) is 4.89. The van der Waals surface area contributed by atoms with Gasteiger partial charge in [-0.2, -0.15) is 0 Å². The summed E-state index contributed by atoms with van der Waals surface area (Å²) in [6.07, 6.45) is 5.41. The Morgan fingerprint density at radius 3 is 2.50 bits per heavy atom. The first-order valence-corrected chi connectivity index (χ1v) is 8.10. The van der Waals surface area contributed by atoms with Crippen LogP contribution >= 0.6 is 0 Å². The SMILES string of the molecule is CC.CCCc1c(CC)ccnc1CN1CCOCC1. The van der Waals surface area contributed by atoms with Gasteiger partial charge in [-0.1, -0.05) is 34.1 Å². The smallest absolute Gasteiger partial charge is 0.0594 e. The highest BCUT2D eigenvalue weighted by atomic mass is 16.5. The summed E-state index contributed by atoms with van der Waals surface area (Å²) >= 11 is 0. The first-order valence-electron chi connectivity index (χ1n) is 8.10. The molecular formula is C17H30N2O. The van der Waals surface area contributed by atoms with Crippen LogP contribution in [0.2, 0.25) is 0 Å². The third-order valence-electron chi connectivity index (χ3n) is 3.60. The van der Waals surface area contributed by atoms with Gasteiger partial charge in [-0.3, -0.25) is 9.88 Å². The van der Waals surface area contributed by atoms with Gasteiger partial charge in [0, 0.05) is 25.8 Å². The summed E-state index contributed by atoms with van der Waals surface area (Å²) in [5, 5.41) is 0. The summed E-state index contributed by atoms with van der Waals surface area (Å²) in [5.41, 5.74) is 4.22. The largest absolute Gasteiger partial charge is 0.379 e. The fourth-order valence-corrected chi connectivity index (χ4v) is 2.57. The highest BCUT2D eigenvalue weighted by molar-refractivity contribution is 5.30. The van der Waals surface area contributed by atoms with E-state index >= 15 is 0 Å². The molecule has 0 atom stereocenters. The average Bonchev–Trinajstić information content (AvgIpc) is 2.52. The molecule has 114 valence electrons. The summed E-state index contributed by atoms with van der Waals surface area (Å²) in [5.74, 6) is 0. The Bertz CT molecular complexity index is 373. The van der Waals surface area contributed by atoms with E-state index in [1.807, 2.05) is 20.0 Å². The molecule has 0 bridgehead atoms. The lowest BCUT2D eigenvalue weighted by Gasteiger charge is -2.27. The van der Waals surface area contributed by atoms with Crippen LogP contribution in [0.15, 0.2) is 12.3 Å². The quantitative estimate of drug-likeness (QED) is 0.825. The number of ether oxygens (including phenoxy) is 1. The molecule has 3 heteroatoms. The number of pyridine rings is 1. The van der Waals surface area contributed by atoms with Gasteiger partial charge in [0.25, 0.3) is 0 Å². The molecule has 2 rings (SSSR count). The first kappa shape index (κ1) is 17.1. The maximum atomic E-state index is 5.40. The number of rotatable bonds is 5. The van der Waals surface area contributed by atoms with E-state index < -0.39 is 0 Å². The van der Waals surface area contributed by atoms with Crippen molar-refractivity contribution in [3.8, 4) is 0 Å². The highest BCUT2D eigenvalue weighted by Gasteiger charge is 2.14. The van der Waals surface area contributed by atoms with Crippen LogP contribution in [0.1, 0.15) is 50.9 Å². The Morgan fingerprint density at radius 2 is 1.90 bits per heavy atom. The minimum atomic E-state index is 0.858. The van der Waals surface area contributed by atoms with E-state index in [-0.39, 0.29) is 0 Å². The van der Waals surface area contributed by atoms with Crippen LogP contribution in [0.3, 0.4) is 0 Å². The van der Waals surface area contributed by atoms with Crippen molar-refractivity contribution in [2.45, 2.75) is 53.5 Å². The Hall–Kier alpha value is -0.930. The molecule has 1 aromatic heterocycles. The number of aryl methyl sites for hydroxylation is 1. The van der Waals surface area contributed by atoms with Crippen LogP contribution < -0.4 is 0 Å². The monoisotopic (exact) mass is 278 g/mol. The predicted molar refractivity (Wildman–Crippen MR) is 85.1 cm³/mol. The molecule has 0 unspecified atom stereocenters. The molecular weight excluding hydrogens is 248 g/mol. The second-order valence-electron chi connectivity index (χ2n) is 4.89. The van der Waals surface area contributed by atoms with Gasteiger partial charge in [-0.15, -0.1) is 0 Å². The summed E-state index contributed by atoms with van der Waals surface area (Å²) in [6.45, 7) is 13.2. The lowest BCUT2D eigenvalue weighted by Crippen LogP contribution is -2.36. The number of morpholine rings is 1. The van der Waals surface area contributed by atoms with Gasteiger partial charge in [-0.25, -0.2) is 0 Å². The zero-order valence-corrected chi connectivity index (χ0v) is 13.6. The molecule has 1 fully saturated rings. The van der Waals surface area contributed by atoms with E-state index in [0.29, 0.717) is 0 Å². The summed E-state index contributed by atoms with van der Waals surface area (Å²) in [6, 6.07) is 2.17. The third kappa shape index (κ3) is 4.88. The standard InChI is InChI=1S/C15H24N2O.C2H6/c1-3-5-14-13(4-2)6-7-16-15(14)12-17-8-10-18-11-9-17;1-2/h6-7H,3-5,8-12H2,1-2H3;1-2H3. The molecule has 20 heavy (non-hydrogen) atoms. The molecule has 1 aliphatic rings. The Morgan fingerprint density at radius 1 is 1.20 bits per heavy atom. The van der Waals surface area contributed by atoms with E-state index in [1.54, 1.807) is 0 Å². The van der Waals surface area contributed by atoms with Crippen LogP contribution in [0.25, 0.3) is 0 Å². The molecule has 0 radical (unpaired) electrons. The van der Waals surface area contributed by atoms with Crippen molar-refractivity contribution in [3.63, 3.8) is 0 Å². The normalized spacial score (nSPS) is 15.6. The van der Waals surface area contributed by atoms with E-state index in [4.69, 9.17) is 4.74 Å². The molecule has 0 aliphatic carbocycles. The Labute approximate surface area is 124 Å². The molecule has 0 spiro atoms. The van der Waals surface area contributed by atoms with Gasteiger partial charge in [0.2, 0.25) is 0 Å². The van der Waals surface area contributed by atoms with Crippen LogP contribution in [0, 0.1) is 0 Å². The zero-order valence-electron chi connectivity index (χ0n) is 13.6. The molecule has 2 heterocycles. The number of nitrogens with zero attached hydrogens (tertiary/aromatic N) is 2. The third-order valence-corrected chi connectivity index (χ3v) is 3.60. The number of hydrogen-bond donors (Lipinski definition) is 0. The fourth-order valence-electron chi connectivity index (χ4n) is 2.57. The minimum absolute atomic E-state index is 0.858. The van der Waals surface area contributed by atoms with Crippen LogP contribution in [-0.2, 0) is 24.1 Å². The molecule has 3 nitrogen and oxygen atoms in total. The van der Waals surface area contributed by atoms with Crippen molar-refractivity contribution >= 4 is 0 Å². The molecule has 0 saturated carbocycles. The molecule has 0 aromatic carbocycles. The van der Waals surface area contributed by atoms with Crippen LogP contribution in [-0.4, -0.2) is 36.2 Å². The summed E-state index contributed by atoms with van der Waals surface area (Å²) in [7, 11) is 0. The van der Waals surface area contributed by atoms with Gasteiger partial charge in [0.15, 0.2) is 0 Å². The van der Waals surface area contributed by atoms with E-state index in [1.165, 1.54) is 23.2 Å². The lowest BCUT2D eigenvalue weighted by molar-refractivity contribution is 0.0335. The van der Waals surface area contributed by atoms with E-state index in [9.17, 15) is 0 Å². The van der Waals surface area contributed by atoms with Crippen molar-refractivity contribution in [1.29, 1.82) is 0 Å². The maximum absolute atomic E-state index is 5.40. The van der Waals surface area contributed by atoms with E-state index in [2.05, 4.69) is 29.8 Å². The van der Waals surface area contributed by atoms with Crippen molar-refractivity contribution < 1.29 is 4.74 Å². The highest BCUT2D eigenvalue weighted by Crippen LogP contribution is 2.17. The zero-order chi connectivity index (χ0) is 14.8. The van der Waals surface area contributed by atoms with E-state index in [0.717, 1.165) is 45.7 Å². The maximum Gasteiger partial charge on any atom is 0.0594 e. The van der Waals surface area contributed by atoms with Gasteiger partial charge in [-0.05, 0) is 30.0 Å². The lowest BCUT2D eigenvalue weighted by atomic mass is 9.99. The van der Waals surface area contributed by atoms with Crippen molar-refractivity contribution in [3.05, 3.63) is 29.1 Å². The summed E-state index contributed by atoms with van der Waals surface area (Å²) in [4.78, 5) is 7.07. The van der Waals surface area contributed by atoms with Gasteiger partial charge in [0.05, 0.1) is 18.9 Å². The average molecular weight is 278 g/mol.